The van der Waals surface area contributed by atoms with Crippen LogP contribution in [0.4, 0.5) is 0 Å². The molecule has 35 heavy (non-hydrogen) atoms. The molecule has 4 aromatic rings. The van der Waals surface area contributed by atoms with Crippen molar-refractivity contribution in [1.29, 1.82) is 0 Å². The fourth-order valence-corrected chi connectivity index (χ4v) is 4.41. The van der Waals surface area contributed by atoms with Crippen LogP contribution >= 0.6 is 11.3 Å². The van der Waals surface area contributed by atoms with Gasteiger partial charge in [-0.15, -0.1) is 0 Å². The Morgan fingerprint density at radius 3 is 2.29 bits per heavy atom. The number of ether oxygens (including phenoxy) is 4. The van der Waals surface area contributed by atoms with Crippen LogP contribution < -0.4 is 34.6 Å². The SMILES string of the molecule is CCCOc1ccc(Cc2nn3c(=O)/c(=C/c4cc(OC)c(OC)c(OC)c4)sc3nc2=O)cc1. The van der Waals surface area contributed by atoms with Gasteiger partial charge in [0.25, 0.3) is 11.1 Å². The lowest BCUT2D eigenvalue weighted by Crippen LogP contribution is -2.28. The summed E-state index contributed by atoms with van der Waals surface area (Å²) in [7, 11) is 4.56. The van der Waals surface area contributed by atoms with Crippen LogP contribution in [-0.4, -0.2) is 42.5 Å². The number of fused-ring (bicyclic) bond motifs is 1. The first-order chi connectivity index (χ1) is 17.0. The van der Waals surface area contributed by atoms with Gasteiger partial charge in [0, 0.05) is 6.42 Å². The first kappa shape index (κ1) is 24.2. The maximum absolute atomic E-state index is 13.1. The molecule has 4 rings (SSSR count). The highest BCUT2D eigenvalue weighted by atomic mass is 32.1. The van der Waals surface area contributed by atoms with E-state index in [0.29, 0.717) is 34.0 Å². The lowest BCUT2D eigenvalue weighted by atomic mass is 10.1. The van der Waals surface area contributed by atoms with Crippen LogP contribution in [0.5, 0.6) is 23.0 Å². The quantitative estimate of drug-likeness (QED) is 0.349. The zero-order chi connectivity index (χ0) is 24.9. The molecule has 0 radical (unpaired) electrons. The zero-order valence-electron chi connectivity index (χ0n) is 19.9. The summed E-state index contributed by atoms with van der Waals surface area (Å²) in [6.45, 7) is 2.68. The molecule has 0 atom stereocenters. The van der Waals surface area contributed by atoms with Crippen LogP contribution in [0, 0.1) is 0 Å². The van der Waals surface area contributed by atoms with Gasteiger partial charge in [0.2, 0.25) is 10.7 Å². The molecule has 10 heteroatoms. The first-order valence-electron chi connectivity index (χ1n) is 10.9. The molecule has 0 spiro atoms. The number of rotatable bonds is 9. The van der Waals surface area contributed by atoms with Gasteiger partial charge >= 0.3 is 0 Å². The second-order valence-electron chi connectivity index (χ2n) is 7.60. The average molecular weight is 496 g/mol. The summed E-state index contributed by atoms with van der Waals surface area (Å²) in [6.07, 6.45) is 2.85. The van der Waals surface area contributed by atoms with E-state index in [1.165, 1.54) is 25.8 Å². The van der Waals surface area contributed by atoms with Crippen molar-refractivity contribution >= 4 is 22.4 Å². The zero-order valence-corrected chi connectivity index (χ0v) is 20.7. The van der Waals surface area contributed by atoms with Gasteiger partial charge < -0.3 is 18.9 Å². The molecule has 9 nitrogen and oxygen atoms in total. The highest BCUT2D eigenvalue weighted by Crippen LogP contribution is 2.38. The Morgan fingerprint density at radius 2 is 1.69 bits per heavy atom. The van der Waals surface area contributed by atoms with Crippen molar-refractivity contribution in [3.8, 4) is 23.0 Å². The van der Waals surface area contributed by atoms with E-state index in [1.807, 2.05) is 31.2 Å². The van der Waals surface area contributed by atoms with Crippen LogP contribution in [0.1, 0.15) is 30.2 Å². The Kier molecular flexibility index (Phi) is 7.31. The number of thiazole rings is 1. The molecule has 2 aromatic carbocycles. The minimum atomic E-state index is -0.461. The van der Waals surface area contributed by atoms with Crippen molar-refractivity contribution in [2.75, 3.05) is 27.9 Å². The molecule has 0 amide bonds. The Hall–Kier alpha value is -3.92. The summed E-state index contributed by atoms with van der Waals surface area (Å²) >= 11 is 1.09. The molecular weight excluding hydrogens is 470 g/mol. The molecule has 0 unspecified atom stereocenters. The number of aromatic nitrogens is 3. The number of methoxy groups -OCH3 is 3. The minimum absolute atomic E-state index is 0.193. The van der Waals surface area contributed by atoms with Gasteiger partial charge in [-0.3, -0.25) is 9.59 Å². The van der Waals surface area contributed by atoms with E-state index in [4.69, 9.17) is 18.9 Å². The second-order valence-corrected chi connectivity index (χ2v) is 8.61. The van der Waals surface area contributed by atoms with Gasteiger partial charge in [-0.05, 0) is 47.9 Å². The van der Waals surface area contributed by atoms with E-state index >= 15 is 0 Å². The van der Waals surface area contributed by atoms with Crippen molar-refractivity contribution in [3.63, 3.8) is 0 Å². The lowest BCUT2D eigenvalue weighted by Gasteiger charge is -2.12. The predicted octanol–water partition coefficient (Wildman–Crippen LogP) is 2.46. The summed E-state index contributed by atoms with van der Waals surface area (Å²) in [5.41, 5.74) is 0.899. The summed E-state index contributed by atoms with van der Waals surface area (Å²) in [4.78, 5) is 30.0. The van der Waals surface area contributed by atoms with Gasteiger partial charge in [-0.1, -0.05) is 30.4 Å². The van der Waals surface area contributed by atoms with Crippen LogP contribution in [0.2, 0.25) is 0 Å². The maximum Gasteiger partial charge on any atom is 0.296 e. The fourth-order valence-electron chi connectivity index (χ4n) is 3.50. The maximum atomic E-state index is 13.1. The molecule has 0 saturated heterocycles. The lowest BCUT2D eigenvalue weighted by molar-refractivity contribution is 0.317. The molecule has 0 aliphatic heterocycles. The Labute approximate surface area is 205 Å². The number of nitrogens with zero attached hydrogens (tertiary/aromatic N) is 3. The van der Waals surface area contributed by atoms with Gasteiger partial charge in [-0.2, -0.15) is 14.6 Å². The largest absolute Gasteiger partial charge is 0.494 e. The van der Waals surface area contributed by atoms with E-state index in [2.05, 4.69) is 10.1 Å². The molecule has 182 valence electrons. The van der Waals surface area contributed by atoms with Crippen LogP contribution in [0.25, 0.3) is 11.0 Å². The molecule has 0 aliphatic rings. The van der Waals surface area contributed by atoms with Gasteiger partial charge in [-0.25, -0.2) is 0 Å². The molecule has 0 aliphatic carbocycles. The summed E-state index contributed by atoms with van der Waals surface area (Å²) < 4.78 is 23.2. The van der Waals surface area contributed by atoms with Crippen molar-refractivity contribution in [2.24, 2.45) is 0 Å². The van der Waals surface area contributed by atoms with E-state index in [9.17, 15) is 9.59 Å². The molecular formula is C25H25N3O6S. The number of benzene rings is 2. The normalized spacial score (nSPS) is 11.6. The van der Waals surface area contributed by atoms with Gasteiger partial charge in [0.05, 0.1) is 32.5 Å². The highest BCUT2D eigenvalue weighted by molar-refractivity contribution is 7.15. The van der Waals surface area contributed by atoms with Gasteiger partial charge in [0.15, 0.2) is 11.5 Å². The third kappa shape index (κ3) is 5.12. The van der Waals surface area contributed by atoms with Crippen molar-refractivity contribution in [2.45, 2.75) is 19.8 Å². The molecule has 2 heterocycles. The van der Waals surface area contributed by atoms with E-state index in [-0.39, 0.29) is 22.6 Å². The standard InChI is InChI=1S/C25H25N3O6S/c1-5-10-34-17-8-6-15(7-9-17)11-18-23(29)26-25-28(27-18)24(30)21(35-25)14-16-12-19(31-2)22(33-4)20(13-16)32-3/h6-9,12-14H,5,10-11H2,1-4H3/b21-14-. The molecule has 0 N–H and O–H groups in total. The molecule has 0 fully saturated rings. The first-order valence-corrected chi connectivity index (χ1v) is 11.7. The smallest absolute Gasteiger partial charge is 0.296 e. The van der Waals surface area contributed by atoms with Crippen LogP contribution in [0.15, 0.2) is 46.0 Å². The predicted molar refractivity (Wildman–Crippen MR) is 133 cm³/mol. The van der Waals surface area contributed by atoms with E-state index < -0.39 is 5.56 Å². The van der Waals surface area contributed by atoms with Crippen LogP contribution in [0.3, 0.4) is 0 Å². The molecule has 0 bridgehead atoms. The average Bonchev–Trinajstić information content (AvgIpc) is 3.16. The minimum Gasteiger partial charge on any atom is -0.494 e. The number of hydrogen-bond donors (Lipinski definition) is 0. The fraction of sp³-hybridized carbons (Fsp3) is 0.280. The van der Waals surface area contributed by atoms with Gasteiger partial charge in [0.1, 0.15) is 11.4 Å². The highest BCUT2D eigenvalue weighted by Gasteiger charge is 2.15. The third-order valence-corrected chi connectivity index (χ3v) is 6.16. The topological polar surface area (TPSA) is 101 Å². The van der Waals surface area contributed by atoms with Crippen LogP contribution in [-0.2, 0) is 6.42 Å². The molecule has 2 aromatic heterocycles. The Morgan fingerprint density at radius 1 is 1.00 bits per heavy atom. The van der Waals surface area contributed by atoms with Crippen molar-refractivity contribution < 1.29 is 18.9 Å². The summed E-state index contributed by atoms with van der Waals surface area (Å²) in [5, 5.41) is 4.32. The van der Waals surface area contributed by atoms with Crippen molar-refractivity contribution in [3.05, 3.63) is 78.5 Å². The van der Waals surface area contributed by atoms with Crippen molar-refractivity contribution in [1.82, 2.24) is 14.6 Å². The summed E-state index contributed by atoms with van der Waals surface area (Å²) in [6, 6.07) is 10.9. The third-order valence-electron chi connectivity index (χ3n) is 5.20. The Balaban J connectivity index is 1.70. The second kappa shape index (κ2) is 10.6. The van der Waals surface area contributed by atoms with E-state index in [0.717, 1.165) is 29.1 Å². The Bertz CT molecular complexity index is 1490. The molecule has 0 saturated carbocycles. The number of hydrogen-bond acceptors (Lipinski definition) is 9. The monoisotopic (exact) mass is 495 g/mol. The summed E-state index contributed by atoms with van der Waals surface area (Å²) in [5.74, 6) is 2.14. The van der Waals surface area contributed by atoms with E-state index in [1.54, 1.807) is 18.2 Å².